The highest BCUT2D eigenvalue weighted by Crippen LogP contribution is 2.57. The highest BCUT2D eigenvalue weighted by molar-refractivity contribution is 5.71. The molecule has 0 bridgehead atoms. The quantitative estimate of drug-likeness (QED) is 0.691. The maximum Gasteiger partial charge on any atom is 0.307 e. The number of rotatable bonds is 5. The lowest BCUT2D eigenvalue weighted by molar-refractivity contribution is -0.147. The molecule has 3 nitrogen and oxygen atoms in total. The number of likely N-dealkylation sites (tertiary alicyclic amines) is 1. The van der Waals surface area contributed by atoms with Crippen LogP contribution in [0.5, 0.6) is 0 Å². The van der Waals surface area contributed by atoms with Gasteiger partial charge in [0.15, 0.2) is 0 Å². The first-order chi connectivity index (χ1) is 8.02. The van der Waals surface area contributed by atoms with Crippen molar-refractivity contribution < 1.29 is 9.53 Å². The molecule has 1 saturated carbocycles. The van der Waals surface area contributed by atoms with Gasteiger partial charge < -0.3 is 4.74 Å². The zero-order chi connectivity index (χ0) is 12.5. The third-order valence-corrected chi connectivity index (χ3v) is 4.90. The monoisotopic (exact) mass is 239 g/mol. The van der Waals surface area contributed by atoms with Gasteiger partial charge in [-0.2, -0.15) is 0 Å². The van der Waals surface area contributed by atoms with E-state index < -0.39 is 0 Å². The molecular weight excluding hydrogens is 214 g/mol. The molecule has 2 aliphatic rings. The molecule has 1 unspecified atom stereocenters. The fourth-order valence-corrected chi connectivity index (χ4v) is 3.14. The number of carbonyl (C=O) groups excluding carboxylic acids is 1. The molecule has 1 aliphatic heterocycles. The Kier molecular flexibility index (Phi) is 3.48. The van der Waals surface area contributed by atoms with Crippen molar-refractivity contribution in [2.24, 2.45) is 5.41 Å². The van der Waals surface area contributed by atoms with Crippen LogP contribution in [-0.2, 0) is 9.53 Å². The fraction of sp³-hybridized carbons (Fsp3) is 0.929. The highest BCUT2D eigenvalue weighted by Gasteiger charge is 2.56. The van der Waals surface area contributed by atoms with Gasteiger partial charge in [0.1, 0.15) is 0 Å². The number of nitrogens with zero attached hydrogens (tertiary/aromatic N) is 1. The predicted molar refractivity (Wildman–Crippen MR) is 67.8 cm³/mol. The minimum absolute atomic E-state index is 0.00968. The Morgan fingerprint density at radius 1 is 1.35 bits per heavy atom. The first-order valence-electron chi connectivity index (χ1n) is 6.92. The zero-order valence-corrected chi connectivity index (χ0v) is 11.4. The van der Waals surface area contributed by atoms with Crippen molar-refractivity contribution in [3.63, 3.8) is 0 Å². The molecule has 2 rings (SSSR count). The van der Waals surface area contributed by atoms with Crippen LogP contribution in [0.1, 0.15) is 52.9 Å². The van der Waals surface area contributed by atoms with Crippen molar-refractivity contribution in [2.45, 2.75) is 58.4 Å². The van der Waals surface area contributed by atoms with Crippen molar-refractivity contribution in [3.8, 4) is 0 Å². The van der Waals surface area contributed by atoms with Crippen LogP contribution >= 0.6 is 0 Å². The van der Waals surface area contributed by atoms with Gasteiger partial charge in [0, 0.05) is 5.54 Å². The number of hydrogen-bond donors (Lipinski definition) is 0. The molecule has 0 N–H and O–H groups in total. The molecule has 3 heteroatoms. The van der Waals surface area contributed by atoms with Crippen LogP contribution in [0.4, 0.5) is 0 Å². The summed E-state index contributed by atoms with van der Waals surface area (Å²) in [6.45, 7) is 9.25. The van der Waals surface area contributed by atoms with E-state index in [-0.39, 0.29) is 11.5 Å². The first-order valence-corrected chi connectivity index (χ1v) is 6.92. The largest absolute Gasteiger partial charge is 0.466 e. The molecule has 1 saturated heterocycles. The van der Waals surface area contributed by atoms with Crippen molar-refractivity contribution in [1.29, 1.82) is 0 Å². The van der Waals surface area contributed by atoms with Gasteiger partial charge in [0.2, 0.25) is 0 Å². The Hall–Kier alpha value is -0.570. The third-order valence-electron chi connectivity index (χ3n) is 4.90. The Labute approximate surface area is 105 Å². The standard InChI is InChI=1S/C14H25NO2/c1-4-17-12(16)11-14(3,13(2)7-8-13)15-9-5-6-10-15/h4-11H2,1-3H3. The van der Waals surface area contributed by atoms with Gasteiger partial charge in [-0.3, -0.25) is 9.69 Å². The molecule has 2 fully saturated rings. The van der Waals surface area contributed by atoms with E-state index in [4.69, 9.17) is 4.74 Å². The molecule has 1 atom stereocenters. The molecule has 17 heavy (non-hydrogen) atoms. The smallest absolute Gasteiger partial charge is 0.307 e. The second-order valence-electron chi connectivity index (χ2n) is 6.01. The second kappa shape index (κ2) is 4.60. The lowest BCUT2D eigenvalue weighted by atomic mass is 9.79. The fourth-order valence-electron chi connectivity index (χ4n) is 3.14. The maximum atomic E-state index is 11.8. The summed E-state index contributed by atoms with van der Waals surface area (Å²) in [6, 6.07) is 0. The number of ether oxygens (including phenoxy) is 1. The second-order valence-corrected chi connectivity index (χ2v) is 6.01. The summed E-state index contributed by atoms with van der Waals surface area (Å²) >= 11 is 0. The average Bonchev–Trinajstić information content (AvgIpc) is 2.84. The van der Waals surface area contributed by atoms with Crippen LogP contribution in [0.15, 0.2) is 0 Å². The summed E-state index contributed by atoms with van der Waals surface area (Å²) in [7, 11) is 0. The minimum Gasteiger partial charge on any atom is -0.466 e. The van der Waals surface area contributed by atoms with Crippen molar-refractivity contribution in [2.75, 3.05) is 19.7 Å². The molecule has 0 radical (unpaired) electrons. The Morgan fingerprint density at radius 2 is 1.94 bits per heavy atom. The molecule has 0 aromatic rings. The topological polar surface area (TPSA) is 29.5 Å². The number of hydrogen-bond acceptors (Lipinski definition) is 3. The van der Waals surface area contributed by atoms with Crippen LogP contribution in [0, 0.1) is 5.41 Å². The van der Waals surface area contributed by atoms with Crippen LogP contribution in [0.25, 0.3) is 0 Å². The van der Waals surface area contributed by atoms with Gasteiger partial charge in [-0.15, -0.1) is 0 Å². The Morgan fingerprint density at radius 3 is 2.41 bits per heavy atom. The van der Waals surface area contributed by atoms with E-state index >= 15 is 0 Å². The summed E-state index contributed by atoms with van der Waals surface area (Å²) in [5.41, 5.74) is 0.333. The van der Waals surface area contributed by atoms with Gasteiger partial charge in [-0.1, -0.05) is 6.92 Å². The molecule has 0 aromatic heterocycles. The van der Waals surface area contributed by atoms with E-state index in [9.17, 15) is 4.79 Å². The van der Waals surface area contributed by atoms with Crippen LogP contribution in [0.3, 0.4) is 0 Å². The summed E-state index contributed by atoms with van der Waals surface area (Å²) in [5, 5.41) is 0. The first kappa shape index (κ1) is 12.9. The van der Waals surface area contributed by atoms with Gasteiger partial charge in [-0.25, -0.2) is 0 Å². The van der Waals surface area contributed by atoms with E-state index in [2.05, 4.69) is 18.7 Å². The Balaban J connectivity index is 2.09. The zero-order valence-electron chi connectivity index (χ0n) is 11.4. The average molecular weight is 239 g/mol. The Bertz CT molecular complexity index is 293. The van der Waals surface area contributed by atoms with E-state index in [1.54, 1.807) is 0 Å². The molecule has 0 spiro atoms. The minimum atomic E-state index is -0.0324. The van der Waals surface area contributed by atoms with E-state index in [0.717, 1.165) is 13.1 Å². The van der Waals surface area contributed by atoms with Crippen LogP contribution in [-0.4, -0.2) is 36.1 Å². The van der Waals surface area contributed by atoms with Gasteiger partial charge in [0.25, 0.3) is 0 Å². The third kappa shape index (κ3) is 2.35. The van der Waals surface area contributed by atoms with Crippen molar-refractivity contribution >= 4 is 5.97 Å². The molecule has 1 heterocycles. The van der Waals surface area contributed by atoms with E-state index in [0.29, 0.717) is 18.4 Å². The molecular formula is C14H25NO2. The predicted octanol–water partition coefficient (Wildman–Crippen LogP) is 2.59. The summed E-state index contributed by atoms with van der Waals surface area (Å²) in [6.07, 6.45) is 5.60. The van der Waals surface area contributed by atoms with E-state index in [1.165, 1.54) is 25.7 Å². The van der Waals surface area contributed by atoms with Crippen LogP contribution < -0.4 is 0 Å². The van der Waals surface area contributed by atoms with Crippen molar-refractivity contribution in [3.05, 3.63) is 0 Å². The lowest BCUT2D eigenvalue weighted by Crippen LogP contribution is -2.52. The normalized spacial score (nSPS) is 26.5. The maximum absolute atomic E-state index is 11.8. The summed E-state index contributed by atoms with van der Waals surface area (Å²) in [5.74, 6) is -0.0324. The molecule has 98 valence electrons. The molecule has 0 aromatic carbocycles. The van der Waals surface area contributed by atoms with Crippen LogP contribution in [0.2, 0.25) is 0 Å². The van der Waals surface area contributed by atoms with Crippen molar-refractivity contribution in [1.82, 2.24) is 4.90 Å². The summed E-state index contributed by atoms with van der Waals surface area (Å²) in [4.78, 5) is 14.4. The SMILES string of the molecule is CCOC(=O)CC(C)(N1CCCC1)C1(C)CC1. The van der Waals surface area contributed by atoms with E-state index in [1.807, 2.05) is 6.92 Å². The number of esters is 1. The molecule has 1 aliphatic carbocycles. The van der Waals surface area contributed by atoms with Gasteiger partial charge in [-0.05, 0) is 58.0 Å². The highest BCUT2D eigenvalue weighted by atomic mass is 16.5. The number of carbonyl (C=O) groups is 1. The van der Waals surface area contributed by atoms with Gasteiger partial charge in [0.05, 0.1) is 13.0 Å². The summed E-state index contributed by atoms with van der Waals surface area (Å²) < 4.78 is 5.15. The lowest BCUT2D eigenvalue weighted by Gasteiger charge is -2.43. The molecule has 0 amide bonds. The van der Waals surface area contributed by atoms with Gasteiger partial charge >= 0.3 is 5.97 Å².